The molecule has 1 unspecified atom stereocenters. The maximum Gasteiger partial charge on any atom is 0.305 e. The number of benzene rings is 1. The van der Waals surface area contributed by atoms with Crippen molar-refractivity contribution in [2.24, 2.45) is 23.7 Å². The normalized spacial score (nSPS) is 41.9. The molecular formula is C26H35ClO7. The van der Waals surface area contributed by atoms with Crippen molar-refractivity contribution in [3.63, 3.8) is 0 Å². The molecule has 0 aromatic heterocycles. The maximum atomic E-state index is 11.9. The van der Waals surface area contributed by atoms with Crippen molar-refractivity contribution in [3.8, 4) is 0 Å². The molecule has 4 aliphatic heterocycles. The molecule has 2 bridgehead atoms. The van der Waals surface area contributed by atoms with Gasteiger partial charge in [0.05, 0.1) is 13.2 Å². The first-order chi connectivity index (χ1) is 16.3. The van der Waals surface area contributed by atoms with E-state index in [1.54, 1.807) is 0 Å². The monoisotopic (exact) mass is 494 g/mol. The summed E-state index contributed by atoms with van der Waals surface area (Å²) in [4.78, 5) is 24.0. The number of esters is 1. The molecule has 34 heavy (non-hydrogen) atoms. The van der Waals surface area contributed by atoms with Crippen molar-refractivity contribution < 1.29 is 33.5 Å². The van der Waals surface area contributed by atoms with Gasteiger partial charge >= 0.3 is 5.97 Å². The number of hydrogen-bond acceptors (Lipinski definition) is 7. The summed E-state index contributed by atoms with van der Waals surface area (Å²) in [6.07, 6.45) is 3.15. The Kier molecular flexibility index (Phi) is 6.72. The Morgan fingerprint density at radius 2 is 1.91 bits per heavy atom. The molecule has 6 rings (SSSR count). The molecule has 1 aromatic rings. The van der Waals surface area contributed by atoms with E-state index in [1.165, 1.54) is 7.11 Å². The largest absolute Gasteiger partial charge is 0.469 e. The molecule has 0 N–H and O–H groups in total. The highest BCUT2D eigenvalue weighted by Gasteiger charge is 2.69. The Bertz CT molecular complexity index is 894. The van der Waals surface area contributed by atoms with E-state index in [-0.39, 0.29) is 30.3 Å². The second-order valence-electron chi connectivity index (χ2n) is 10.6. The van der Waals surface area contributed by atoms with Crippen molar-refractivity contribution in [2.45, 2.75) is 89.4 Å². The molecule has 7 nitrogen and oxygen atoms in total. The Morgan fingerprint density at radius 1 is 1.15 bits per heavy atom. The molecule has 4 saturated heterocycles. The third kappa shape index (κ3) is 4.18. The molecule has 0 amide bonds. The summed E-state index contributed by atoms with van der Waals surface area (Å²) in [5.41, 5.74) is 0.309. The summed E-state index contributed by atoms with van der Waals surface area (Å²) in [6.45, 7) is 6.38. The highest BCUT2D eigenvalue weighted by molar-refractivity contribution is 6.30. The number of carbonyl (C=O) groups excluding carboxylic acids is 1. The lowest BCUT2D eigenvalue weighted by Crippen LogP contribution is -2.70. The number of fused-ring (bicyclic) bond motifs is 2. The Morgan fingerprint density at radius 3 is 2.65 bits per heavy atom. The van der Waals surface area contributed by atoms with Crippen LogP contribution in [0.15, 0.2) is 24.3 Å². The molecule has 1 spiro atoms. The minimum absolute atomic E-state index is 0.0498. The van der Waals surface area contributed by atoms with Crippen LogP contribution in [0.5, 0.6) is 0 Å². The molecule has 1 saturated carbocycles. The maximum absolute atomic E-state index is 11.9. The zero-order valence-electron chi connectivity index (χ0n) is 20.3. The van der Waals surface area contributed by atoms with Crippen molar-refractivity contribution in [3.05, 3.63) is 34.9 Å². The van der Waals surface area contributed by atoms with Gasteiger partial charge in [0.15, 0.2) is 18.2 Å². The van der Waals surface area contributed by atoms with Crippen molar-refractivity contribution >= 4 is 17.6 Å². The fourth-order valence-electron chi connectivity index (χ4n) is 6.53. The fraction of sp³-hybridized carbons (Fsp3) is 0.731. The highest BCUT2D eigenvalue weighted by atomic mass is 35.5. The van der Waals surface area contributed by atoms with Gasteiger partial charge in [0.2, 0.25) is 5.79 Å². The van der Waals surface area contributed by atoms with Crippen LogP contribution in [0.4, 0.5) is 0 Å². The van der Waals surface area contributed by atoms with E-state index < -0.39 is 24.0 Å². The van der Waals surface area contributed by atoms with Gasteiger partial charge in [0.1, 0.15) is 0 Å². The average Bonchev–Trinajstić information content (AvgIpc) is 3.06. The molecule has 0 radical (unpaired) electrons. The van der Waals surface area contributed by atoms with Gasteiger partial charge in [0, 0.05) is 29.7 Å². The van der Waals surface area contributed by atoms with Crippen LogP contribution in [0.1, 0.15) is 71.0 Å². The van der Waals surface area contributed by atoms with E-state index in [9.17, 15) is 4.79 Å². The molecule has 1 aliphatic carbocycles. The predicted octanol–water partition coefficient (Wildman–Crippen LogP) is 5.56. The minimum Gasteiger partial charge on any atom is -0.469 e. The predicted molar refractivity (Wildman–Crippen MR) is 123 cm³/mol. The summed E-state index contributed by atoms with van der Waals surface area (Å²) >= 11 is 6.11. The zero-order chi connectivity index (χ0) is 24.1. The van der Waals surface area contributed by atoms with Crippen molar-refractivity contribution in [2.75, 3.05) is 7.11 Å². The Labute approximate surface area is 206 Å². The average molecular weight is 495 g/mol. The van der Waals surface area contributed by atoms with Crippen LogP contribution in [-0.4, -0.2) is 37.0 Å². The van der Waals surface area contributed by atoms with Crippen LogP contribution < -0.4 is 0 Å². The molecule has 5 aliphatic rings. The summed E-state index contributed by atoms with van der Waals surface area (Å²) in [5.74, 6) is -0.0771. The van der Waals surface area contributed by atoms with Gasteiger partial charge in [-0.1, -0.05) is 37.6 Å². The second kappa shape index (κ2) is 9.34. The van der Waals surface area contributed by atoms with Crippen molar-refractivity contribution in [1.82, 2.24) is 0 Å². The number of ether oxygens (including phenoxy) is 4. The van der Waals surface area contributed by atoms with Crippen LogP contribution in [0.2, 0.25) is 5.02 Å². The number of rotatable bonds is 6. The molecule has 4 heterocycles. The molecule has 1 aromatic carbocycles. The standard InChI is InChI=1S/C26H35ClO7/c1-15-5-10-20-16(2)23(31-24-26(20)19(15)13-14-25(3,32-24)33-34-26)30-21(11-12-22(28)29-4)17-6-8-18(27)9-7-17/h6-9,15-16,19-21,23-24H,5,10-14H2,1-4H3/t15-,16-,19+,20?,21-,23+,24-,25-,26-/m1/s1. The van der Waals surface area contributed by atoms with Crippen molar-refractivity contribution in [1.29, 1.82) is 0 Å². The number of carbonyl (C=O) groups is 1. The van der Waals surface area contributed by atoms with E-state index in [0.717, 1.165) is 31.2 Å². The molecule has 188 valence electrons. The van der Waals surface area contributed by atoms with Gasteiger partial charge in [0.25, 0.3) is 0 Å². The lowest BCUT2D eigenvalue weighted by molar-refractivity contribution is -0.578. The lowest BCUT2D eigenvalue weighted by Gasteiger charge is -2.60. The summed E-state index contributed by atoms with van der Waals surface area (Å²) < 4.78 is 24.5. The van der Waals surface area contributed by atoms with E-state index >= 15 is 0 Å². The zero-order valence-corrected chi connectivity index (χ0v) is 21.1. The van der Waals surface area contributed by atoms with Crippen LogP contribution in [0.25, 0.3) is 0 Å². The first kappa shape index (κ1) is 24.5. The van der Waals surface area contributed by atoms with Gasteiger partial charge in [-0.3, -0.25) is 4.79 Å². The number of hydrogen-bond donors (Lipinski definition) is 0. The Hall–Kier alpha value is -1.22. The lowest BCUT2D eigenvalue weighted by atomic mass is 9.58. The van der Waals surface area contributed by atoms with Gasteiger partial charge in [-0.15, -0.1) is 0 Å². The van der Waals surface area contributed by atoms with Crippen LogP contribution in [0, 0.1) is 23.7 Å². The molecule has 9 atom stereocenters. The third-order valence-corrected chi connectivity index (χ3v) is 8.73. The summed E-state index contributed by atoms with van der Waals surface area (Å²) in [6, 6.07) is 7.52. The smallest absolute Gasteiger partial charge is 0.305 e. The number of halogens is 1. The minimum atomic E-state index is -0.830. The van der Waals surface area contributed by atoms with Crippen LogP contribution in [0.3, 0.4) is 0 Å². The Balaban J connectivity index is 1.42. The van der Waals surface area contributed by atoms with Gasteiger partial charge in [-0.25, -0.2) is 9.78 Å². The van der Waals surface area contributed by atoms with E-state index in [0.29, 0.717) is 23.3 Å². The van der Waals surface area contributed by atoms with Gasteiger partial charge in [-0.2, -0.15) is 0 Å². The first-order valence-electron chi connectivity index (χ1n) is 12.4. The van der Waals surface area contributed by atoms with Crippen LogP contribution in [-0.2, 0) is 33.5 Å². The van der Waals surface area contributed by atoms with Gasteiger partial charge < -0.3 is 18.9 Å². The molecular weight excluding hydrogens is 460 g/mol. The molecule has 5 fully saturated rings. The van der Waals surface area contributed by atoms with Gasteiger partial charge in [-0.05, 0) is 62.1 Å². The van der Waals surface area contributed by atoms with Crippen LogP contribution >= 0.6 is 11.6 Å². The summed E-state index contributed by atoms with van der Waals surface area (Å²) in [7, 11) is 1.40. The first-order valence-corrected chi connectivity index (χ1v) is 12.8. The third-order valence-electron chi connectivity index (χ3n) is 8.48. The quantitative estimate of drug-likeness (QED) is 0.378. The second-order valence-corrected chi connectivity index (χ2v) is 11.0. The van der Waals surface area contributed by atoms with E-state index in [1.807, 2.05) is 31.2 Å². The van der Waals surface area contributed by atoms with E-state index in [2.05, 4.69) is 13.8 Å². The van der Waals surface area contributed by atoms with E-state index in [4.69, 9.17) is 40.3 Å². The number of methoxy groups -OCH3 is 1. The fourth-order valence-corrected chi connectivity index (χ4v) is 6.66. The SMILES string of the molecule is COC(=O)CC[C@@H](O[C@H]1O[C@@H]2O[C@@]3(C)CC[C@H]4[C@H](C)CCC([C@H]1C)[C@@]24OO3)c1ccc(Cl)cc1. The highest BCUT2D eigenvalue weighted by Crippen LogP contribution is 2.60. The topological polar surface area (TPSA) is 72.5 Å². The molecule has 8 heteroatoms. The summed E-state index contributed by atoms with van der Waals surface area (Å²) in [5, 5.41) is 0.648.